The highest BCUT2D eigenvalue weighted by Crippen LogP contribution is 2.23. The van der Waals surface area contributed by atoms with Gasteiger partial charge in [-0.05, 0) is 34.1 Å². The minimum absolute atomic E-state index is 0.150. The third-order valence-electron chi connectivity index (χ3n) is 2.65. The predicted molar refractivity (Wildman–Crippen MR) is 76.6 cm³/mol. The Hall–Kier alpha value is -2.15. The average Bonchev–Trinajstić information content (AvgIpc) is 2.91. The molecule has 0 aliphatic rings. The molecule has 6 nitrogen and oxygen atoms in total. The summed E-state index contributed by atoms with van der Waals surface area (Å²) >= 11 is 3.24. The standard InChI is InChI=1S/C13H12BrN3O3/c14-10-7-9(13(19)20)1-2-11(10)16-12(18)3-5-17-6-4-15-8-17/h1-2,4,6-8H,3,5H2,(H,16,18)(H,19,20). The van der Waals surface area contributed by atoms with Gasteiger partial charge in [0, 0.05) is 29.8 Å². The summed E-state index contributed by atoms with van der Waals surface area (Å²) in [4.78, 5) is 26.5. The number of benzene rings is 1. The van der Waals surface area contributed by atoms with E-state index >= 15 is 0 Å². The Labute approximate surface area is 123 Å². The van der Waals surface area contributed by atoms with Crippen molar-refractivity contribution in [3.63, 3.8) is 0 Å². The van der Waals surface area contributed by atoms with Gasteiger partial charge in [0.25, 0.3) is 0 Å². The summed E-state index contributed by atoms with van der Waals surface area (Å²) in [5.74, 6) is -1.16. The number of imidazole rings is 1. The maximum absolute atomic E-state index is 11.8. The Kier molecular flexibility index (Phi) is 4.52. The number of nitrogens with zero attached hydrogens (tertiary/aromatic N) is 2. The van der Waals surface area contributed by atoms with Gasteiger partial charge in [0.15, 0.2) is 0 Å². The van der Waals surface area contributed by atoms with E-state index in [0.29, 0.717) is 23.1 Å². The van der Waals surface area contributed by atoms with Crippen molar-refractivity contribution < 1.29 is 14.7 Å². The van der Waals surface area contributed by atoms with Crippen LogP contribution in [0, 0.1) is 0 Å². The molecule has 7 heteroatoms. The molecule has 0 aliphatic heterocycles. The van der Waals surface area contributed by atoms with Crippen LogP contribution in [0.1, 0.15) is 16.8 Å². The van der Waals surface area contributed by atoms with Gasteiger partial charge in [0.2, 0.25) is 5.91 Å². The van der Waals surface area contributed by atoms with Gasteiger partial charge < -0.3 is 15.0 Å². The second-order valence-electron chi connectivity index (χ2n) is 4.10. The summed E-state index contributed by atoms with van der Waals surface area (Å²) < 4.78 is 2.34. The van der Waals surface area contributed by atoms with Crippen molar-refractivity contribution in [3.8, 4) is 0 Å². The zero-order chi connectivity index (χ0) is 14.5. The van der Waals surface area contributed by atoms with E-state index in [1.54, 1.807) is 24.8 Å². The van der Waals surface area contributed by atoms with Gasteiger partial charge >= 0.3 is 5.97 Å². The van der Waals surface area contributed by atoms with E-state index in [1.165, 1.54) is 12.1 Å². The van der Waals surface area contributed by atoms with E-state index in [9.17, 15) is 9.59 Å². The third-order valence-corrected chi connectivity index (χ3v) is 3.30. The number of nitrogens with one attached hydrogen (secondary N) is 1. The van der Waals surface area contributed by atoms with Crippen LogP contribution in [0.25, 0.3) is 0 Å². The van der Waals surface area contributed by atoms with Crippen LogP contribution < -0.4 is 5.32 Å². The van der Waals surface area contributed by atoms with E-state index in [4.69, 9.17) is 5.11 Å². The van der Waals surface area contributed by atoms with Crippen LogP contribution in [0.3, 0.4) is 0 Å². The molecule has 0 spiro atoms. The number of hydrogen-bond acceptors (Lipinski definition) is 3. The largest absolute Gasteiger partial charge is 0.478 e. The molecule has 2 aromatic rings. The van der Waals surface area contributed by atoms with Crippen molar-refractivity contribution >= 4 is 33.5 Å². The predicted octanol–water partition coefficient (Wildman–Crippen LogP) is 2.37. The third kappa shape index (κ3) is 3.67. The van der Waals surface area contributed by atoms with E-state index in [0.717, 1.165) is 0 Å². The lowest BCUT2D eigenvalue weighted by molar-refractivity contribution is -0.116. The summed E-state index contributed by atoms with van der Waals surface area (Å²) in [7, 11) is 0. The van der Waals surface area contributed by atoms with Crippen LogP contribution >= 0.6 is 15.9 Å². The Bertz CT molecular complexity index is 626. The van der Waals surface area contributed by atoms with Crippen LogP contribution in [0.15, 0.2) is 41.4 Å². The molecule has 1 aromatic carbocycles. The molecular formula is C13H12BrN3O3. The molecule has 1 aromatic heterocycles. The van der Waals surface area contributed by atoms with Crippen molar-refractivity contribution in [1.82, 2.24) is 9.55 Å². The molecule has 0 radical (unpaired) electrons. The molecular weight excluding hydrogens is 326 g/mol. The van der Waals surface area contributed by atoms with Crippen LogP contribution in [0.5, 0.6) is 0 Å². The van der Waals surface area contributed by atoms with Crippen LogP contribution in [0.2, 0.25) is 0 Å². The maximum Gasteiger partial charge on any atom is 0.335 e. The summed E-state index contributed by atoms with van der Waals surface area (Å²) in [5.41, 5.74) is 0.707. The number of amides is 1. The molecule has 0 bridgehead atoms. The van der Waals surface area contributed by atoms with Gasteiger partial charge in [-0.1, -0.05) is 0 Å². The second-order valence-corrected chi connectivity index (χ2v) is 4.95. The second kappa shape index (κ2) is 6.33. The minimum Gasteiger partial charge on any atom is -0.478 e. The summed E-state index contributed by atoms with van der Waals surface area (Å²) in [6.07, 6.45) is 5.39. The van der Waals surface area contributed by atoms with E-state index in [2.05, 4.69) is 26.2 Å². The summed E-state index contributed by atoms with van der Waals surface area (Å²) in [6, 6.07) is 4.45. The van der Waals surface area contributed by atoms with Crippen molar-refractivity contribution in [3.05, 3.63) is 47.0 Å². The lowest BCUT2D eigenvalue weighted by Gasteiger charge is -2.08. The highest BCUT2D eigenvalue weighted by molar-refractivity contribution is 9.10. The van der Waals surface area contributed by atoms with Crippen LogP contribution in [-0.4, -0.2) is 26.5 Å². The van der Waals surface area contributed by atoms with Crippen LogP contribution in [0.4, 0.5) is 5.69 Å². The van der Waals surface area contributed by atoms with Crippen molar-refractivity contribution in [1.29, 1.82) is 0 Å². The smallest absolute Gasteiger partial charge is 0.335 e. The Morgan fingerprint density at radius 2 is 2.20 bits per heavy atom. The SMILES string of the molecule is O=C(CCn1ccnc1)Nc1ccc(C(=O)O)cc1Br. The topological polar surface area (TPSA) is 84.2 Å². The number of halogens is 1. The van der Waals surface area contributed by atoms with E-state index in [-0.39, 0.29) is 11.5 Å². The molecule has 2 rings (SSSR count). The Morgan fingerprint density at radius 3 is 2.80 bits per heavy atom. The molecule has 20 heavy (non-hydrogen) atoms. The number of rotatable bonds is 5. The van der Waals surface area contributed by atoms with Crippen molar-refractivity contribution in [2.45, 2.75) is 13.0 Å². The number of aromatic carboxylic acids is 1. The minimum atomic E-state index is -1.01. The van der Waals surface area contributed by atoms with Crippen molar-refractivity contribution in [2.24, 2.45) is 0 Å². The maximum atomic E-state index is 11.8. The molecule has 0 fully saturated rings. The summed E-state index contributed by atoms with van der Waals surface area (Å²) in [5, 5.41) is 11.6. The number of carbonyl (C=O) groups is 2. The number of carbonyl (C=O) groups excluding carboxylic acids is 1. The fourth-order valence-electron chi connectivity index (χ4n) is 1.61. The zero-order valence-corrected chi connectivity index (χ0v) is 12.0. The Morgan fingerprint density at radius 1 is 1.40 bits per heavy atom. The molecule has 0 aliphatic carbocycles. The normalized spacial score (nSPS) is 10.2. The lowest BCUT2D eigenvalue weighted by Crippen LogP contribution is -2.14. The fraction of sp³-hybridized carbons (Fsp3) is 0.154. The highest BCUT2D eigenvalue weighted by atomic mass is 79.9. The molecule has 0 saturated carbocycles. The van der Waals surface area contributed by atoms with Gasteiger partial charge in [-0.25, -0.2) is 9.78 Å². The number of aromatic nitrogens is 2. The Balaban J connectivity index is 1.95. The van der Waals surface area contributed by atoms with Crippen LogP contribution in [-0.2, 0) is 11.3 Å². The number of carboxylic acids is 1. The molecule has 1 heterocycles. The quantitative estimate of drug-likeness (QED) is 0.877. The first-order chi connectivity index (χ1) is 9.56. The molecule has 0 saturated heterocycles. The van der Waals surface area contributed by atoms with Gasteiger partial charge in [0.05, 0.1) is 17.6 Å². The average molecular weight is 338 g/mol. The number of hydrogen-bond donors (Lipinski definition) is 2. The number of anilines is 1. The first-order valence-corrected chi connectivity index (χ1v) is 6.64. The van der Waals surface area contributed by atoms with Gasteiger partial charge in [-0.15, -0.1) is 0 Å². The van der Waals surface area contributed by atoms with E-state index in [1.807, 2.05) is 4.57 Å². The first-order valence-electron chi connectivity index (χ1n) is 5.84. The van der Waals surface area contributed by atoms with Crippen molar-refractivity contribution in [2.75, 3.05) is 5.32 Å². The summed E-state index contributed by atoms with van der Waals surface area (Å²) in [6.45, 7) is 0.538. The van der Waals surface area contributed by atoms with Gasteiger partial charge in [0.1, 0.15) is 0 Å². The molecule has 0 atom stereocenters. The van der Waals surface area contributed by atoms with E-state index < -0.39 is 5.97 Å². The number of aryl methyl sites for hydroxylation is 1. The molecule has 0 unspecified atom stereocenters. The monoisotopic (exact) mass is 337 g/mol. The molecule has 1 amide bonds. The van der Waals surface area contributed by atoms with Gasteiger partial charge in [-0.2, -0.15) is 0 Å². The zero-order valence-electron chi connectivity index (χ0n) is 10.4. The lowest BCUT2D eigenvalue weighted by atomic mass is 10.2. The first kappa shape index (κ1) is 14.3. The van der Waals surface area contributed by atoms with Gasteiger partial charge in [-0.3, -0.25) is 4.79 Å². The number of carboxylic acid groups (broad SMARTS) is 1. The molecule has 2 N–H and O–H groups in total. The molecule has 104 valence electrons. The highest BCUT2D eigenvalue weighted by Gasteiger charge is 2.09. The fourth-order valence-corrected chi connectivity index (χ4v) is 2.09.